The Balaban J connectivity index is 2.21. The molecule has 2 N–H and O–H groups in total. The lowest BCUT2D eigenvalue weighted by atomic mass is 9.97. The van der Waals surface area contributed by atoms with Crippen LogP contribution in [0.15, 0.2) is 12.1 Å². The van der Waals surface area contributed by atoms with Gasteiger partial charge in [0.2, 0.25) is 11.7 Å². The van der Waals surface area contributed by atoms with Crippen LogP contribution in [0.4, 0.5) is 5.69 Å². The highest BCUT2D eigenvalue weighted by Gasteiger charge is 2.29. The zero-order valence-corrected chi connectivity index (χ0v) is 12.9. The molecule has 1 heterocycles. The molecule has 1 saturated heterocycles. The van der Waals surface area contributed by atoms with Crippen molar-refractivity contribution in [2.24, 2.45) is 11.8 Å². The van der Waals surface area contributed by atoms with Crippen molar-refractivity contribution in [1.82, 2.24) is 5.32 Å². The minimum absolute atomic E-state index is 0.00164. The molecule has 0 unspecified atom stereocenters. The fourth-order valence-electron chi connectivity index (χ4n) is 2.55. The van der Waals surface area contributed by atoms with Crippen LogP contribution in [0, 0.1) is 11.8 Å². The molecule has 1 amide bonds. The predicted octanol–water partition coefficient (Wildman–Crippen LogP) is 1.51. The molecule has 0 bridgehead atoms. The number of nitrogens with one attached hydrogen (secondary N) is 2. The molecule has 0 radical (unpaired) electrons. The largest absolute Gasteiger partial charge is 0.493 e. The molecule has 1 aliphatic heterocycles. The van der Waals surface area contributed by atoms with Gasteiger partial charge in [-0.3, -0.25) is 4.79 Å². The standard InChI is InChI=1S/C15H22N2O4/c1-9-7-16-8-11(9)15(18)17-10-5-12(19-2)14(21-4)13(6-10)20-3/h5-6,9,11,16H,7-8H2,1-4H3,(H,17,18)/t9-,11-/m1/s1. The van der Waals surface area contributed by atoms with E-state index in [-0.39, 0.29) is 11.8 Å². The number of hydrogen-bond acceptors (Lipinski definition) is 5. The smallest absolute Gasteiger partial charge is 0.229 e. The van der Waals surface area contributed by atoms with Gasteiger partial charge in [0.1, 0.15) is 0 Å². The van der Waals surface area contributed by atoms with E-state index >= 15 is 0 Å². The molecule has 0 aromatic heterocycles. The number of amides is 1. The van der Waals surface area contributed by atoms with Crippen LogP contribution < -0.4 is 24.8 Å². The summed E-state index contributed by atoms with van der Waals surface area (Å²) in [5, 5.41) is 6.14. The number of carbonyl (C=O) groups excluding carboxylic acids is 1. The molecule has 6 nitrogen and oxygen atoms in total. The Morgan fingerprint density at radius 3 is 2.19 bits per heavy atom. The van der Waals surface area contributed by atoms with Crippen LogP contribution in [-0.2, 0) is 4.79 Å². The van der Waals surface area contributed by atoms with Gasteiger partial charge in [0.05, 0.1) is 27.2 Å². The van der Waals surface area contributed by atoms with Gasteiger partial charge >= 0.3 is 0 Å². The second-order valence-electron chi connectivity index (χ2n) is 5.15. The van der Waals surface area contributed by atoms with E-state index in [1.54, 1.807) is 33.5 Å². The van der Waals surface area contributed by atoms with E-state index in [9.17, 15) is 4.79 Å². The molecule has 1 aliphatic rings. The van der Waals surface area contributed by atoms with Crippen LogP contribution in [-0.4, -0.2) is 40.3 Å². The molecule has 21 heavy (non-hydrogen) atoms. The first-order valence-corrected chi connectivity index (χ1v) is 6.92. The summed E-state index contributed by atoms with van der Waals surface area (Å²) in [6.45, 7) is 3.64. The zero-order valence-electron chi connectivity index (χ0n) is 12.9. The van der Waals surface area contributed by atoms with Gasteiger partial charge in [-0.1, -0.05) is 6.92 Å². The zero-order chi connectivity index (χ0) is 15.4. The van der Waals surface area contributed by atoms with Crippen molar-refractivity contribution in [1.29, 1.82) is 0 Å². The number of methoxy groups -OCH3 is 3. The van der Waals surface area contributed by atoms with Crippen molar-refractivity contribution in [3.05, 3.63) is 12.1 Å². The Labute approximate surface area is 124 Å². The first kappa shape index (κ1) is 15.4. The van der Waals surface area contributed by atoms with E-state index in [2.05, 4.69) is 17.6 Å². The third-order valence-electron chi connectivity index (χ3n) is 3.79. The molecule has 0 saturated carbocycles. The predicted molar refractivity (Wildman–Crippen MR) is 80.3 cm³/mol. The molecule has 116 valence electrons. The van der Waals surface area contributed by atoms with Crippen molar-refractivity contribution in [3.63, 3.8) is 0 Å². The summed E-state index contributed by atoms with van der Waals surface area (Å²) in [4.78, 5) is 12.3. The highest BCUT2D eigenvalue weighted by Crippen LogP contribution is 2.40. The quantitative estimate of drug-likeness (QED) is 0.861. The summed E-state index contributed by atoms with van der Waals surface area (Å²) in [7, 11) is 4.64. The Kier molecular flexibility index (Phi) is 4.90. The van der Waals surface area contributed by atoms with Gasteiger partial charge in [0, 0.05) is 24.4 Å². The molecule has 1 aromatic rings. The number of carbonyl (C=O) groups is 1. The summed E-state index contributed by atoms with van der Waals surface area (Å²) in [6.07, 6.45) is 0. The Bertz CT molecular complexity index is 493. The van der Waals surface area contributed by atoms with Crippen LogP contribution in [0.2, 0.25) is 0 Å². The summed E-state index contributed by atoms with van der Waals surface area (Å²) < 4.78 is 15.8. The van der Waals surface area contributed by atoms with Gasteiger partial charge in [0.15, 0.2) is 11.5 Å². The Morgan fingerprint density at radius 2 is 1.76 bits per heavy atom. The van der Waals surface area contributed by atoms with Gasteiger partial charge < -0.3 is 24.8 Å². The summed E-state index contributed by atoms with van der Waals surface area (Å²) in [6, 6.07) is 3.46. The van der Waals surface area contributed by atoms with Crippen molar-refractivity contribution in [3.8, 4) is 17.2 Å². The van der Waals surface area contributed by atoms with Crippen molar-refractivity contribution < 1.29 is 19.0 Å². The lowest BCUT2D eigenvalue weighted by Gasteiger charge is -2.17. The van der Waals surface area contributed by atoms with E-state index in [0.29, 0.717) is 35.4 Å². The first-order chi connectivity index (χ1) is 10.1. The number of benzene rings is 1. The summed E-state index contributed by atoms with van der Waals surface area (Å²) in [5.41, 5.74) is 0.633. The normalized spacial score (nSPS) is 21.0. The monoisotopic (exact) mass is 294 g/mol. The molecular formula is C15H22N2O4. The van der Waals surface area contributed by atoms with E-state index in [4.69, 9.17) is 14.2 Å². The van der Waals surface area contributed by atoms with Crippen molar-refractivity contribution in [2.75, 3.05) is 39.7 Å². The second kappa shape index (κ2) is 6.67. The highest BCUT2D eigenvalue weighted by molar-refractivity contribution is 5.93. The summed E-state index contributed by atoms with van der Waals surface area (Å²) in [5.74, 6) is 1.85. The van der Waals surface area contributed by atoms with Crippen LogP contribution in [0.3, 0.4) is 0 Å². The lowest BCUT2D eigenvalue weighted by Crippen LogP contribution is -2.27. The molecule has 2 rings (SSSR count). The van der Waals surface area contributed by atoms with Crippen LogP contribution in [0.1, 0.15) is 6.92 Å². The maximum Gasteiger partial charge on any atom is 0.229 e. The molecule has 2 atom stereocenters. The van der Waals surface area contributed by atoms with Gasteiger partial charge in [-0.05, 0) is 12.5 Å². The maximum atomic E-state index is 12.3. The van der Waals surface area contributed by atoms with E-state index in [0.717, 1.165) is 6.54 Å². The molecule has 0 aliphatic carbocycles. The van der Waals surface area contributed by atoms with Gasteiger partial charge in [0.25, 0.3) is 0 Å². The Hall–Kier alpha value is -1.95. The van der Waals surface area contributed by atoms with Gasteiger partial charge in [-0.25, -0.2) is 0 Å². The first-order valence-electron chi connectivity index (χ1n) is 6.92. The average molecular weight is 294 g/mol. The van der Waals surface area contributed by atoms with Crippen molar-refractivity contribution in [2.45, 2.75) is 6.92 Å². The number of ether oxygens (including phenoxy) is 3. The molecule has 6 heteroatoms. The minimum Gasteiger partial charge on any atom is -0.493 e. The SMILES string of the molecule is COc1cc(NC(=O)[C@@H]2CNC[C@H]2C)cc(OC)c1OC. The van der Waals surface area contributed by atoms with Crippen LogP contribution in [0.25, 0.3) is 0 Å². The van der Waals surface area contributed by atoms with E-state index in [1.165, 1.54) is 0 Å². The fraction of sp³-hybridized carbons (Fsp3) is 0.533. The molecular weight excluding hydrogens is 272 g/mol. The van der Waals surface area contributed by atoms with Crippen molar-refractivity contribution >= 4 is 11.6 Å². The maximum absolute atomic E-state index is 12.3. The van der Waals surface area contributed by atoms with E-state index < -0.39 is 0 Å². The Morgan fingerprint density at radius 1 is 1.14 bits per heavy atom. The third kappa shape index (κ3) is 3.21. The topological polar surface area (TPSA) is 68.8 Å². The number of anilines is 1. The third-order valence-corrected chi connectivity index (χ3v) is 3.79. The molecule has 1 aromatic carbocycles. The van der Waals surface area contributed by atoms with E-state index in [1.807, 2.05) is 0 Å². The fourth-order valence-corrected chi connectivity index (χ4v) is 2.55. The van der Waals surface area contributed by atoms with Gasteiger partial charge in [-0.15, -0.1) is 0 Å². The van der Waals surface area contributed by atoms with Crippen LogP contribution in [0.5, 0.6) is 17.2 Å². The highest BCUT2D eigenvalue weighted by atomic mass is 16.5. The van der Waals surface area contributed by atoms with Gasteiger partial charge in [-0.2, -0.15) is 0 Å². The minimum atomic E-state index is -0.0240. The number of rotatable bonds is 5. The molecule has 1 fully saturated rings. The average Bonchev–Trinajstić information content (AvgIpc) is 2.92. The second-order valence-corrected chi connectivity index (χ2v) is 5.15. The van der Waals surface area contributed by atoms with Crippen LogP contribution >= 0.6 is 0 Å². The summed E-state index contributed by atoms with van der Waals surface area (Å²) >= 11 is 0. The molecule has 0 spiro atoms. The lowest BCUT2D eigenvalue weighted by molar-refractivity contribution is -0.120. The number of hydrogen-bond donors (Lipinski definition) is 2.